The van der Waals surface area contributed by atoms with Crippen molar-refractivity contribution in [2.75, 3.05) is 5.75 Å². The summed E-state index contributed by atoms with van der Waals surface area (Å²) in [5.41, 5.74) is 0. The molecule has 0 aromatic carbocycles. The van der Waals surface area contributed by atoms with Gasteiger partial charge in [0.25, 0.3) is 5.97 Å². The first kappa shape index (κ1) is 24.0. The quantitative estimate of drug-likeness (QED) is 0.292. The molecule has 0 aromatic rings. The van der Waals surface area contributed by atoms with Crippen molar-refractivity contribution in [3.05, 3.63) is 0 Å². The molecule has 0 fully saturated rings. The Morgan fingerprint density at radius 1 is 0.864 bits per heavy atom. The zero-order valence-electron chi connectivity index (χ0n) is 14.7. The summed E-state index contributed by atoms with van der Waals surface area (Å²) >= 11 is 4.22. The molecule has 134 valence electrons. The Hall–Kier alpha value is -0.220. The van der Waals surface area contributed by atoms with Crippen molar-refractivity contribution in [1.82, 2.24) is 0 Å². The minimum Gasteiger partial charge on any atom is -0.481 e. The van der Waals surface area contributed by atoms with Gasteiger partial charge >= 0.3 is 0 Å². The summed E-state index contributed by atoms with van der Waals surface area (Å²) in [6.07, 6.45) is 16.8. The first-order valence-corrected chi connectivity index (χ1v) is 9.66. The highest BCUT2D eigenvalue weighted by atomic mass is 32.1. The monoisotopic (exact) mass is 334 g/mol. The molecule has 3 nitrogen and oxygen atoms in total. The molecule has 4 heteroatoms. The molecule has 0 spiro atoms. The van der Waals surface area contributed by atoms with Crippen LogP contribution in [0.3, 0.4) is 0 Å². The van der Waals surface area contributed by atoms with Crippen molar-refractivity contribution in [2.45, 2.75) is 103 Å². The molecule has 0 aromatic heterocycles. The van der Waals surface area contributed by atoms with Crippen LogP contribution < -0.4 is 0 Å². The lowest BCUT2D eigenvalue weighted by Gasteiger charge is -2.06. The Bertz CT molecular complexity index is 218. The molecule has 0 aliphatic heterocycles. The van der Waals surface area contributed by atoms with Gasteiger partial charge in [0.1, 0.15) is 0 Å². The van der Waals surface area contributed by atoms with Gasteiger partial charge in [-0.2, -0.15) is 12.6 Å². The van der Waals surface area contributed by atoms with E-state index in [1.165, 1.54) is 70.6 Å². The second kappa shape index (κ2) is 20.8. The van der Waals surface area contributed by atoms with Crippen LogP contribution >= 0.6 is 12.6 Å². The van der Waals surface area contributed by atoms with Crippen molar-refractivity contribution in [1.29, 1.82) is 0 Å². The Labute approximate surface area is 143 Å². The van der Waals surface area contributed by atoms with Gasteiger partial charge in [-0.3, -0.25) is 4.79 Å². The molecule has 1 atom stereocenters. The number of unbranched alkanes of at least 4 members (excludes halogenated alkanes) is 10. The summed E-state index contributed by atoms with van der Waals surface area (Å²) in [5, 5.41) is 16.8. The van der Waals surface area contributed by atoms with E-state index in [2.05, 4.69) is 19.6 Å². The van der Waals surface area contributed by atoms with Crippen molar-refractivity contribution in [3.8, 4) is 0 Å². The number of carbonyl (C=O) groups is 1. The summed E-state index contributed by atoms with van der Waals surface area (Å²) in [5.74, 6) is 0.215. The predicted octanol–water partition coefficient (Wildman–Crippen LogP) is 5.46. The lowest BCUT2D eigenvalue weighted by atomic mass is 10.0. The molecule has 0 radical (unpaired) electrons. The van der Waals surface area contributed by atoms with Gasteiger partial charge in [0.15, 0.2) is 0 Å². The van der Waals surface area contributed by atoms with Crippen molar-refractivity contribution in [2.24, 2.45) is 0 Å². The van der Waals surface area contributed by atoms with Gasteiger partial charge < -0.3 is 10.2 Å². The number of hydrogen-bond acceptors (Lipinski definition) is 3. The highest BCUT2D eigenvalue weighted by Gasteiger charge is 1.99. The number of aliphatic hydroxyl groups excluding tert-OH is 1. The maximum absolute atomic E-state index is 9.41. The fourth-order valence-electron chi connectivity index (χ4n) is 2.29. The van der Waals surface area contributed by atoms with E-state index < -0.39 is 5.97 Å². The van der Waals surface area contributed by atoms with E-state index in [4.69, 9.17) is 9.90 Å². The maximum atomic E-state index is 9.41. The Morgan fingerprint density at radius 2 is 1.18 bits per heavy atom. The summed E-state index contributed by atoms with van der Waals surface area (Å²) < 4.78 is 0. The average molecular weight is 335 g/mol. The summed E-state index contributed by atoms with van der Waals surface area (Å²) in [7, 11) is 0. The molecule has 0 aliphatic rings. The first-order valence-electron chi connectivity index (χ1n) is 9.03. The second-order valence-electron chi connectivity index (χ2n) is 5.98. The average Bonchev–Trinajstić information content (AvgIpc) is 2.47. The molecule has 0 bridgehead atoms. The van der Waals surface area contributed by atoms with Crippen LogP contribution in [0, 0.1) is 0 Å². The highest BCUT2D eigenvalue weighted by Crippen LogP contribution is 2.13. The zero-order valence-corrected chi connectivity index (χ0v) is 15.6. The van der Waals surface area contributed by atoms with Crippen LogP contribution in [0.25, 0.3) is 0 Å². The highest BCUT2D eigenvalue weighted by molar-refractivity contribution is 7.80. The van der Waals surface area contributed by atoms with Crippen LogP contribution in [0.4, 0.5) is 0 Å². The van der Waals surface area contributed by atoms with Crippen LogP contribution in [0.5, 0.6) is 0 Å². The maximum Gasteiger partial charge on any atom is 0.300 e. The number of aliphatic hydroxyl groups is 1. The van der Waals surface area contributed by atoms with Gasteiger partial charge in [0, 0.05) is 6.92 Å². The van der Waals surface area contributed by atoms with E-state index in [1.54, 1.807) is 0 Å². The fourth-order valence-corrected chi connectivity index (χ4v) is 2.51. The van der Waals surface area contributed by atoms with E-state index in [-0.39, 0.29) is 6.10 Å². The molecule has 0 aliphatic carbocycles. The van der Waals surface area contributed by atoms with Gasteiger partial charge in [0.05, 0.1) is 6.10 Å². The van der Waals surface area contributed by atoms with E-state index in [0.29, 0.717) is 0 Å². The van der Waals surface area contributed by atoms with E-state index in [1.807, 2.05) is 0 Å². The topological polar surface area (TPSA) is 57.5 Å². The molecule has 0 rings (SSSR count). The number of carboxylic acid groups (broad SMARTS) is 1. The number of hydrogen-bond donors (Lipinski definition) is 3. The van der Waals surface area contributed by atoms with E-state index in [9.17, 15) is 5.11 Å². The number of rotatable bonds is 14. The normalized spacial score (nSPS) is 11.6. The van der Waals surface area contributed by atoms with Gasteiger partial charge in [-0.25, -0.2) is 0 Å². The van der Waals surface area contributed by atoms with E-state index >= 15 is 0 Å². The molecular formula is C18H38O3S. The molecular weight excluding hydrogens is 296 g/mol. The van der Waals surface area contributed by atoms with Crippen molar-refractivity contribution >= 4 is 18.6 Å². The van der Waals surface area contributed by atoms with Gasteiger partial charge in [-0.15, -0.1) is 0 Å². The molecule has 0 saturated heterocycles. The zero-order chi connectivity index (χ0) is 17.1. The fraction of sp³-hybridized carbons (Fsp3) is 0.944. The summed E-state index contributed by atoms with van der Waals surface area (Å²) in [6.45, 7) is 3.14. The number of aliphatic carboxylic acids is 1. The molecule has 2 N–H and O–H groups in total. The van der Waals surface area contributed by atoms with Crippen LogP contribution in [-0.2, 0) is 4.79 Å². The first-order chi connectivity index (χ1) is 10.5. The van der Waals surface area contributed by atoms with Crippen LogP contribution in [0.1, 0.15) is 97.3 Å². The van der Waals surface area contributed by atoms with Crippen LogP contribution in [0.2, 0.25) is 0 Å². The second-order valence-corrected chi connectivity index (χ2v) is 6.43. The van der Waals surface area contributed by atoms with Crippen molar-refractivity contribution in [3.63, 3.8) is 0 Å². The minimum atomic E-state index is -0.833. The van der Waals surface area contributed by atoms with Crippen LogP contribution in [0.15, 0.2) is 0 Å². The standard InChI is InChI=1S/C16H34OS.C2H4O2/c1-2-16(17)14-12-10-8-6-4-3-5-7-9-11-13-15-18;1-2(3)4/h16-18H,2-15H2,1H3;1H3,(H,3,4). The summed E-state index contributed by atoms with van der Waals surface area (Å²) in [4.78, 5) is 9.00. The lowest BCUT2D eigenvalue weighted by molar-refractivity contribution is -0.134. The molecule has 1 unspecified atom stereocenters. The predicted molar refractivity (Wildman–Crippen MR) is 98.9 cm³/mol. The smallest absolute Gasteiger partial charge is 0.300 e. The Morgan fingerprint density at radius 3 is 1.50 bits per heavy atom. The Balaban J connectivity index is 0. The molecule has 22 heavy (non-hydrogen) atoms. The molecule has 0 heterocycles. The lowest BCUT2D eigenvalue weighted by Crippen LogP contribution is -2.03. The molecule has 0 saturated carbocycles. The van der Waals surface area contributed by atoms with E-state index in [0.717, 1.165) is 25.5 Å². The summed E-state index contributed by atoms with van der Waals surface area (Å²) in [6, 6.07) is 0. The SMILES string of the molecule is CC(=O)O.CCC(O)CCCCCCCCCCCCCS. The van der Waals surface area contributed by atoms with Crippen molar-refractivity contribution < 1.29 is 15.0 Å². The molecule has 0 amide bonds. The Kier molecular flexibility index (Phi) is 22.7. The number of thiol groups is 1. The third kappa shape index (κ3) is 28.0. The van der Waals surface area contributed by atoms with Crippen LogP contribution in [-0.4, -0.2) is 28.0 Å². The van der Waals surface area contributed by atoms with Gasteiger partial charge in [-0.1, -0.05) is 71.1 Å². The number of carboxylic acids is 1. The third-order valence-corrected chi connectivity index (χ3v) is 3.98. The minimum absolute atomic E-state index is 0.0535. The third-order valence-electron chi connectivity index (χ3n) is 3.67. The van der Waals surface area contributed by atoms with Gasteiger partial charge in [0.2, 0.25) is 0 Å². The van der Waals surface area contributed by atoms with Gasteiger partial charge in [-0.05, 0) is 25.0 Å². The largest absolute Gasteiger partial charge is 0.481 e.